The summed E-state index contributed by atoms with van der Waals surface area (Å²) in [6, 6.07) is 14.0. The molecule has 10 heteroatoms. The zero-order valence-corrected chi connectivity index (χ0v) is 24.9. The number of piperidine rings is 2. The average Bonchev–Trinajstić information content (AvgIpc) is 3.62. The standard InChI is InChI=1S/C33H41N7O3/c1-38(23-14-20-43-21-15-23)37-33(42)34-27-7-5-6-26-28(27)32(41)29-30(35-36-31(26)29)22-8-10-24(11-9-22)40-18-12-25(13-19-40)39-16-3-2-4-17-39/h5-11,23,25,31H,2-4,12-21H2,1H3,(H2,34,37,42). The molecule has 0 bridgehead atoms. The summed E-state index contributed by atoms with van der Waals surface area (Å²) in [6.45, 7) is 6.02. The van der Waals surface area contributed by atoms with E-state index in [1.807, 2.05) is 24.2 Å². The van der Waals surface area contributed by atoms with Crippen molar-refractivity contribution in [1.29, 1.82) is 0 Å². The fourth-order valence-electron chi connectivity index (χ4n) is 7.39. The smallest absolute Gasteiger partial charge is 0.333 e. The first-order valence-electron chi connectivity index (χ1n) is 15.9. The van der Waals surface area contributed by atoms with E-state index >= 15 is 0 Å². The van der Waals surface area contributed by atoms with Gasteiger partial charge in [0.25, 0.3) is 0 Å². The van der Waals surface area contributed by atoms with Gasteiger partial charge in [0.2, 0.25) is 0 Å². The van der Waals surface area contributed by atoms with E-state index < -0.39 is 6.04 Å². The number of urea groups is 1. The van der Waals surface area contributed by atoms with Crippen molar-refractivity contribution in [2.45, 2.75) is 63.1 Å². The molecular weight excluding hydrogens is 542 g/mol. The number of amides is 2. The van der Waals surface area contributed by atoms with Crippen LogP contribution in [0.25, 0.3) is 5.70 Å². The molecule has 2 aromatic rings. The van der Waals surface area contributed by atoms with Crippen LogP contribution in [-0.2, 0) is 4.74 Å². The minimum atomic E-state index is -0.444. The number of fused-ring (bicyclic) bond motifs is 3. The molecule has 10 nitrogen and oxygen atoms in total. The third kappa shape index (κ3) is 5.59. The Hall–Kier alpha value is -3.60. The molecule has 0 saturated carbocycles. The Labute approximate surface area is 253 Å². The zero-order chi connectivity index (χ0) is 29.3. The Balaban J connectivity index is 1.03. The van der Waals surface area contributed by atoms with Crippen LogP contribution in [0.1, 0.15) is 72.5 Å². The number of Topliss-reactive ketones (excluding diaryl/α,β-unsaturated/α-hetero) is 1. The Kier molecular flexibility index (Phi) is 7.99. The van der Waals surface area contributed by atoms with Gasteiger partial charge in [-0.3, -0.25) is 10.2 Å². The van der Waals surface area contributed by atoms with Crippen molar-refractivity contribution in [2.75, 3.05) is 56.7 Å². The predicted octanol–water partition coefficient (Wildman–Crippen LogP) is 5.40. The molecule has 2 aromatic carbocycles. The third-order valence-corrected chi connectivity index (χ3v) is 9.81. The fraction of sp³-hybridized carbons (Fsp3) is 0.515. The quantitative estimate of drug-likeness (QED) is 0.442. The maximum atomic E-state index is 13.8. The molecule has 7 rings (SSSR count). The number of rotatable bonds is 6. The van der Waals surface area contributed by atoms with Crippen LogP contribution in [0.2, 0.25) is 0 Å². The number of ketones is 1. The van der Waals surface area contributed by atoms with Crippen molar-refractivity contribution in [2.24, 2.45) is 10.2 Å². The molecule has 1 unspecified atom stereocenters. The highest BCUT2D eigenvalue weighted by atomic mass is 16.5. The second-order valence-corrected chi connectivity index (χ2v) is 12.4. The maximum Gasteiger partial charge on any atom is 0.333 e. The molecule has 0 radical (unpaired) electrons. The highest BCUT2D eigenvalue weighted by Gasteiger charge is 2.42. The molecule has 226 valence electrons. The van der Waals surface area contributed by atoms with Crippen molar-refractivity contribution in [3.63, 3.8) is 0 Å². The first-order chi connectivity index (χ1) is 21.1. The number of benzene rings is 2. The van der Waals surface area contributed by atoms with Crippen LogP contribution < -0.4 is 15.6 Å². The third-order valence-electron chi connectivity index (χ3n) is 9.81. The predicted molar refractivity (Wildman–Crippen MR) is 166 cm³/mol. The van der Waals surface area contributed by atoms with Crippen molar-refractivity contribution < 1.29 is 14.3 Å². The molecule has 1 atom stereocenters. The van der Waals surface area contributed by atoms with E-state index in [1.165, 1.54) is 50.9 Å². The van der Waals surface area contributed by atoms with E-state index in [-0.39, 0.29) is 17.9 Å². The topological polar surface area (TPSA) is 102 Å². The molecule has 0 spiro atoms. The number of carbonyl (C=O) groups is 2. The number of nitrogens with one attached hydrogen (secondary N) is 2. The van der Waals surface area contributed by atoms with Gasteiger partial charge in [-0.1, -0.05) is 30.7 Å². The van der Waals surface area contributed by atoms with E-state index in [0.717, 1.165) is 37.1 Å². The largest absolute Gasteiger partial charge is 0.381 e. The van der Waals surface area contributed by atoms with Gasteiger partial charge >= 0.3 is 6.03 Å². The Morgan fingerprint density at radius 1 is 0.953 bits per heavy atom. The molecule has 4 aliphatic heterocycles. The maximum absolute atomic E-state index is 13.8. The fourth-order valence-corrected chi connectivity index (χ4v) is 7.39. The van der Waals surface area contributed by atoms with E-state index in [2.05, 4.69) is 55.0 Å². The van der Waals surface area contributed by atoms with Gasteiger partial charge in [0.05, 0.1) is 16.8 Å². The molecule has 2 N–H and O–H groups in total. The summed E-state index contributed by atoms with van der Waals surface area (Å²) in [7, 11) is 1.86. The number of hydrogen-bond donors (Lipinski definition) is 2. The molecule has 43 heavy (non-hydrogen) atoms. The first kappa shape index (κ1) is 28.2. The van der Waals surface area contributed by atoms with Gasteiger partial charge in [0.1, 0.15) is 11.7 Å². The molecule has 3 fully saturated rings. The second kappa shape index (κ2) is 12.2. The monoisotopic (exact) mass is 583 g/mol. The first-order valence-corrected chi connectivity index (χ1v) is 15.9. The van der Waals surface area contributed by atoms with Crippen LogP contribution in [0, 0.1) is 0 Å². The lowest BCUT2D eigenvalue weighted by molar-refractivity contribution is 0.0312. The lowest BCUT2D eigenvalue weighted by Gasteiger charge is -2.41. The molecule has 0 aromatic heterocycles. The van der Waals surface area contributed by atoms with Crippen LogP contribution >= 0.6 is 0 Å². The molecule has 3 saturated heterocycles. The molecule has 4 heterocycles. The summed E-state index contributed by atoms with van der Waals surface area (Å²) in [4.78, 5) is 31.9. The van der Waals surface area contributed by atoms with Crippen LogP contribution in [0.15, 0.2) is 58.3 Å². The van der Waals surface area contributed by atoms with Crippen molar-refractivity contribution >= 4 is 28.9 Å². The van der Waals surface area contributed by atoms with Gasteiger partial charge in [-0.25, -0.2) is 9.80 Å². The van der Waals surface area contributed by atoms with Crippen LogP contribution in [-0.4, -0.2) is 80.2 Å². The van der Waals surface area contributed by atoms with Gasteiger partial charge < -0.3 is 19.9 Å². The van der Waals surface area contributed by atoms with Crippen molar-refractivity contribution in [3.8, 4) is 0 Å². The lowest BCUT2D eigenvalue weighted by atomic mass is 9.99. The van der Waals surface area contributed by atoms with Gasteiger partial charge in [0.15, 0.2) is 5.78 Å². The number of likely N-dealkylation sites (tertiary alicyclic amines) is 1. The minimum absolute atomic E-state index is 0.127. The number of hydrazine groups is 1. The van der Waals surface area contributed by atoms with Crippen LogP contribution in [0.5, 0.6) is 0 Å². The molecule has 1 aliphatic carbocycles. The highest BCUT2D eigenvalue weighted by Crippen LogP contribution is 2.49. The summed E-state index contributed by atoms with van der Waals surface area (Å²) >= 11 is 0. The summed E-state index contributed by atoms with van der Waals surface area (Å²) in [5.74, 6) is -0.127. The van der Waals surface area contributed by atoms with Gasteiger partial charge in [0, 0.05) is 56.7 Å². The number of carbonyl (C=O) groups excluding carboxylic acids is 2. The number of nitrogens with zero attached hydrogens (tertiary/aromatic N) is 5. The van der Waals surface area contributed by atoms with Crippen molar-refractivity contribution in [1.82, 2.24) is 15.3 Å². The summed E-state index contributed by atoms with van der Waals surface area (Å²) < 4.78 is 5.43. The van der Waals surface area contributed by atoms with Crippen LogP contribution in [0.4, 0.5) is 16.2 Å². The number of azo groups is 1. The molecular formula is C33H41N7O3. The number of ether oxygens (including phenoxy) is 1. The summed E-state index contributed by atoms with van der Waals surface area (Å²) in [5.41, 5.74) is 7.96. The van der Waals surface area contributed by atoms with Gasteiger partial charge in [-0.15, -0.1) is 0 Å². The number of anilines is 2. The SMILES string of the molecule is CN(NC(=O)Nc1cccc2c1C(=O)C1=C(c3ccc(N4CCC(N5CCCCC5)CC4)cc3)N=NC12)C1CCOCC1. The van der Waals surface area contributed by atoms with Crippen molar-refractivity contribution in [3.05, 3.63) is 64.7 Å². The summed E-state index contributed by atoms with van der Waals surface area (Å²) in [6.07, 6.45) is 8.19. The minimum Gasteiger partial charge on any atom is -0.381 e. The lowest BCUT2D eigenvalue weighted by Crippen LogP contribution is -2.49. The Morgan fingerprint density at radius 2 is 1.70 bits per heavy atom. The van der Waals surface area contributed by atoms with E-state index in [1.54, 1.807) is 6.07 Å². The highest BCUT2D eigenvalue weighted by molar-refractivity contribution is 6.22. The van der Waals surface area contributed by atoms with Gasteiger partial charge in [-0.2, -0.15) is 10.2 Å². The number of hydrogen-bond acceptors (Lipinski definition) is 8. The van der Waals surface area contributed by atoms with Crippen LogP contribution in [0.3, 0.4) is 0 Å². The Bertz CT molecular complexity index is 1420. The average molecular weight is 584 g/mol. The summed E-state index contributed by atoms with van der Waals surface area (Å²) in [5, 5.41) is 13.7. The zero-order valence-electron chi connectivity index (χ0n) is 24.9. The molecule has 5 aliphatic rings. The second-order valence-electron chi connectivity index (χ2n) is 12.4. The van der Waals surface area contributed by atoms with E-state index in [9.17, 15) is 9.59 Å². The normalized spacial score (nSPS) is 23.2. The Morgan fingerprint density at radius 3 is 2.44 bits per heavy atom. The van der Waals surface area contributed by atoms with Gasteiger partial charge in [-0.05, 0) is 75.4 Å². The van der Waals surface area contributed by atoms with E-state index in [4.69, 9.17) is 4.74 Å². The van der Waals surface area contributed by atoms with E-state index in [0.29, 0.717) is 41.8 Å². The molecule has 2 amide bonds.